The van der Waals surface area contributed by atoms with Gasteiger partial charge in [-0.05, 0) is 42.3 Å². The summed E-state index contributed by atoms with van der Waals surface area (Å²) in [6, 6.07) is 14.1. The van der Waals surface area contributed by atoms with Gasteiger partial charge in [-0.25, -0.2) is 4.79 Å². The summed E-state index contributed by atoms with van der Waals surface area (Å²) in [4.78, 5) is 19.2. The first-order valence-corrected chi connectivity index (χ1v) is 9.24. The molecular formula is C21H21N5O. The second kappa shape index (κ2) is 6.16. The average Bonchev–Trinajstić information content (AvgIpc) is 3.41. The van der Waals surface area contributed by atoms with Crippen LogP contribution >= 0.6 is 0 Å². The molecule has 0 aliphatic carbocycles. The van der Waals surface area contributed by atoms with E-state index >= 15 is 0 Å². The molecule has 6 heteroatoms. The summed E-state index contributed by atoms with van der Waals surface area (Å²) >= 11 is 0. The Bertz CT molecular complexity index is 1080. The molecule has 6 nitrogen and oxygen atoms in total. The molecule has 2 N–H and O–H groups in total. The van der Waals surface area contributed by atoms with Gasteiger partial charge in [0.05, 0.1) is 6.54 Å². The third-order valence-corrected chi connectivity index (χ3v) is 5.29. The van der Waals surface area contributed by atoms with E-state index in [-0.39, 0.29) is 6.03 Å². The van der Waals surface area contributed by atoms with Crippen molar-refractivity contribution in [3.8, 4) is 0 Å². The molecule has 0 saturated carbocycles. The monoisotopic (exact) mass is 359 g/mol. The number of carbonyl (C=O) groups is 1. The highest BCUT2D eigenvalue weighted by Gasteiger charge is 2.25. The van der Waals surface area contributed by atoms with Crippen LogP contribution in [0.25, 0.3) is 10.9 Å². The number of nitrogens with one attached hydrogen (secondary N) is 2. The van der Waals surface area contributed by atoms with Crippen LogP contribution in [0.5, 0.6) is 0 Å². The molecule has 0 spiro atoms. The van der Waals surface area contributed by atoms with Crippen molar-refractivity contribution in [2.45, 2.75) is 6.42 Å². The van der Waals surface area contributed by atoms with Crippen LogP contribution in [0.2, 0.25) is 0 Å². The number of rotatable bonds is 2. The Labute approximate surface area is 157 Å². The van der Waals surface area contributed by atoms with Crippen LogP contribution in [0.1, 0.15) is 11.1 Å². The third-order valence-electron chi connectivity index (χ3n) is 5.29. The molecular weight excluding hydrogens is 338 g/mol. The number of aryl methyl sites for hydroxylation is 1. The Hall–Kier alpha value is -3.28. The molecule has 27 heavy (non-hydrogen) atoms. The van der Waals surface area contributed by atoms with Crippen molar-refractivity contribution in [2.75, 3.05) is 29.9 Å². The molecule has 136 valence electrons. The highest BCUT2D eigenvalue weighted by Crippen LogP contribution is 2.33. The van der Waals surface area contributed by atoms with E-state index in [1.807, 2.05) is 36.2 Å². The Morgan fingerprint density at radius 1 is 1.22 bits per heavy atom. The van der Waals surface area contributed by atoms with Crippen LogP contribution in [0.4, 0.5) is 16.2 Å². The Kier molecular flexibility index (Phi) is 3.63. The summed E-state index contributed by atoms with van der Waals surface area (Å²) in [5.41, 5.74) is 5.21. The molecule has 0 saturated heterocycles. The average molecular weight is 359 g/mol. The van der Waals surface area contributed by atoms with E-state index in [1.54, 1.807) is 0 Å². The van der Waals surface area contributed by atoms with Crippen molar-refractivity contribution in [2.24, 2.45) is 12.0 Å². The number of hydrogen-bond donors (Lipinski definition) is 2. The van der Waals surface area contributed by atoms with Gasteiger partial charge in [0.25, 0.3) is 0 Å². The Balaban J connectivity index is 1.40. The number of amidine groups is 1. The smallest absolute Gasteiger partial charge is 0.326 e. The van der Waals surface area contributed by atoms with E-state index in [2.05, 4.69) is 44.6 Å². The minimum absolute atomic E-state index is 0.0949. The summed E-state index contributed by atoms with van der Waals surface area (Å²) in [6.45, 7) is 2.36. The van der Waals surface area contributed by atoms with E-state index in [9.17, 15) is 4.79 Å². The van der Waals surface area contributed by atoms with Crippen molar-refractivity contribution >= 4 is 34.1 Å². The molecule has 5 rings (SSSR count). The molecule has 0 bridgehead atoms. The van der Waals surface area contributed by atoms with E-state index in [1.165, 1.54) is 11.1 Å². The maximum atomic E-state index is 12.9. The molecule has 0 unspecified atom stereocenters. The molecule has 2 amide bonds. The van der Waals surface area contributed by atoms with Gasteiger partial charge in [0.1, 0.15) is 5.84 Å². The number of fused-ring (bicyclic) bond motifs is 2. The van der Waals surface area contributed by atoms with Gasteiger partial charge in [-0.2, -0.15) is 0 Å². The third kappa shape index (κ3) is 2.73. The summed E-state index contributed by atoms with van der Waals surface area (Å²) in [5.74, 6) is 0.893. The number of anilines is 2. The lowest BCUT2D eigenvalue weighted by atomic mass is 10.1. The van der Waals surface area contributed by atoms with Crippen LogP contribution in [0.3, 0.4) is 0 Å². The number of urea groups is 1. The molecule has 3 heterocycles. The quantitative estimate of drug-likeness (QED) is 0.738. The van der Waals surface area contributed by atoms with Crippen LogP contribution < -0.4 is 15.5 Å². The molecule has 2 aliphatic heterocycles. The van der Waals surface area contributed by atoms with E-state index in [0.717, 1.165) is 47.7 Å². The van der Waals surface area contributed by atoms with Crippen LogP contribution in [0, 0.1) is 0 Å². The normalized spacial score (nSPS) is 15.6. The summed E-state index contributed by atoms with van der Waals surface area (Å²) < 4.78 is 2.11. The zero-order valence-corrected chi connectivity index (χ0v) is 15.2. The highest BCUT2D eigenvalue weighted by atomic mass is 16.2. The second-order valence-corrected chi connectivity index (χ2v) is 7.04. The fraction of sp³-hybridized carbons (Fsp3) is 0.238. The summed E-state index contributed by atoms with van der Waals surface area (Å²) in [6.07, 6.45) is 2.93. The number of hydrogen-bond acceptors (Lipinski definition) is 3. The van der Waals surface area contributed by atoms with Crippen LogP contribution in [-0.2, 0) is 13.5 Å². The maximum Gasteiger partial charge on any atom is 0.326 e. The largest absolute Gasteiger partial charge is 0.368 e. The zero-order valence-electron chi connectivity index (χ0n) is 15.2. The SMILES string of the molecule is Cn1ccc2cc3c(cc21)CCN3C(=O)Nc1cccc(C2=NCCN2)c1. The molecule has 0 radical (unpaired) electrons. The highest BCUT2D eigenvalue weighted by molar-refractivity contribution is 6.06. The molecule has 0 fully saturated rings. The maximum absolute atomic E-state index is 12.9. The molecule has 2 aliphatic rings. The predicted octanol–water partition coefficient (Wildman–Crippen LogP) is 3.12. The molecule has 0 atom stereocenters. The minimum atomic E-state index is -0.0949. The van der Waals surface area contributed by atoms with Crippen molar-refractivity contribution in [3.05, 3.63) is 59.8 Å². The first-order valence-electron chi connectivity index (χ1n) is 9.24. The van der Waals surface area contributed by atoms with Gasteiger partial charge in [-0.1, -0.05) is 12.1 Å². The number of aliphatic imine (C=N–C) groups is 1. The van der Waals surface area contributed by atoms with E-state index in [4.69, 9.17) is 0 Å². The Morgan fingerprint density at radius 2 is 2.15 bits per heavy atom. The van der Waals surface area contributed by atoms with Crippen LogP contribution in [-0.4, -0.2) is 36.1 Å². The summed E-state index contributed by atoms with van der Waals surface area (Å²) in [5, 5.41) is 7.46. The van der Waals surface area contributed by atoms with Crippen molar-refractivity contribution in [3.63, 3.8) is 0 Å². The van der Waals surface area contributed by atoms with Crippen molar-refractivity contribution in [1.29, 1.82) is 0 Å². The topological polar surface area (TPSA) is 61.7 Å². The minimum Gasteiger partial charge on any atom is -0.368 e. The fourth-order valence-corrected chi connectivity index (χ4v) is 3.89. The van der Waals surface area contributed by atoms with E-state index < -0.39 is 0 Å². The number of nitrogens with zero attached hydrogens (tertiary/aromatic N) is 3. The van der Waals surface area contributed by atoms with Gasteiger partial charge in [0.2, 0.25) is 0 Å². The second-order valence-electron chi connectivity index (χ2n) is 7.04. The Morgan fingerprint density at radius 3 is 3.00 bits per heavy atom. The van der Waals surface area contributed by atoms with E-state index in [0.29, 0.717) is 6.54 Å². The first-order chi connectivity index (χ1) is 13.2. The lowest BCUT2D eigenvalue weighted by Gasteiger charge is -2.18. The fourth-order valence-electron chi connectivity index (χ4n) is 3.89. The van der Waals surface area contributed by atoms with Crippen molar-refractivity contribution < 1.29 is 4.79 Å². The zero-order chi connectivity index (χ0) is 18.4. The van der Waals surface area contributed by atoms with Gasteiger partial charge in [0.15, 0.2) is 0 Å². The summed E-state index contributed by atoms with van der Waals surface area (Å²) in [7, 11) is 2.05. The van der Waals surface area contributed by atoms with Crippen molar-refractivity contribution in [1.82, 2.24) is 9.88 Å². The molecule has 1 aromatic heterocycles. The number of aromatic nitrogens is 1. The van der Waals surface area contributed by atoms with Gasteiger partial charge >= 0.3 is 6.03 Å². The van der Waals surface area contributed by atoms with Gasteiger partial charge < -0.3 is 15.2 Å². The standard InChI is InChI=1S/C21H21N5O/c1-25-9-5-14-13-19-15(12-18(14)25)6-10-26(19)21(27)24-17-4-2-3-16(11-17)20-22-7-8-23-20/h2-5,9,11-13H,6-8,10H2,1H3,(H,22,23)(H,24,27). The predicted molar refractivity (Wildman–Crippen MR) is 109 cm³/mol. The lowest BCUT2D eigenvalue weighted by Crippen LogP contribution is -2.33. The molecule has 3 aromatic rings. The number of amides is 2. The van der Waals surface area contributed by atoms with Gasteiger partial charge in [0, 0.05) is 54.2 Å². The number of benzene rings is 2. The van der Waals surface area contributed by atoms with Gasteiger partial charge in [-0.15, -0.1) is 0 Å². The number of carbonyl (C=O) groups excluding carboxylic acids is 1. The molecule has 2 aromatic carbocycles. The first kappa shape index (κ1) is 15.9. The van der Waals surface area contributed by atoms with Gasteiger partial charge in [-0.3, -0.25) is 9.89 Å². The van der Waals surface area contributed by atoms with Crippen LogP contribution in [0.15, 0.2) is 53.7 Å². The lowest BCUT2D eigenvalue weighted by molar-refractivity contribution is 0.257.